The average molecular weight is 466 g/mol. The maximum absolute atomic E-state index is 13.5. The first-order valence-electron chi connectivity index (χ1n) is 7.88. The van der Waals surface area contributed by atoms with Crippen LogP contribution in [0.4, 0.5) is 4.39 Å². The predicted octanol–water partition coefficient (Wildman–Crippen LogP) is 2.29. The zero-order valence-corrected chi connectivity index (χ0v) is 17.7. The Labute approximate surface area is 166 Å². The number of hydrogen-bond acceptors (Lipinski definition) is 3. The van der Waals surface area contributed by atoms with E-state index in [0.717, 1.165) is 0 Å². The number of aliphatic imine (C=N–C) groups is 1. The van der Waals surface area contributed by atoms with Gasteiger partial charge in [-0.15, -0.1) is 24.0 Å². The zero-order chi connectivity index (χ0) is 18.2. The standard InChI is InChI=1S/C17H27FN4O2.HI/c1-12(24-14-9-7-6-8-13(14)18)10-20-16(19-5)21-11-15(23)22-17(2,3)4;/h6-9,12H,10-11H2,1-5H3,(H,22,23)(H2,19,20,21);1H. The highest BCUT2D eigenvalue weighted by atomic mass is 127. The number of amides is 1. The van der Waals surface area contributed by atoms with E-state index in [1.165, 1.54) is 6.07 Å². The highest BCUT2D eigenvalue weighted by molar-refractivity contribution is 14.0. The highest BCUT2D eigenvalue weighted by Gasteiger charge is 2.14. The number of nitrogens with one attached hydrogen (secondary N) is 3. The number of carbonyl (C=O) groups excluding carboxylic acids is 1. The van der Waals surface area contributed by atoms with Crippen LogP contribution in [-0.2, 0) is 4.79 Å². The van der Waals surface area contributed by atoms with Crippen molar-refractivity contribution in [2.75, 3.05) is 20.1 Å². The first kappa shape index (κ1) is 23.4. The SMILES string of the molecule is CN=C(NCC(=O)NC(C)(C)C)NCC(C)Oc1ccccc1F.I. The molecule has 1 unspecified atom stereocenters. The van der Waals surface area contributed by atoms with Gasteiger partial charge < -0.3 is 20.7 Å². The summed E-state index contributed by atoms with van der Waals surface area (Å²) in [6.45, 7) is 8.09. The molecular weight excluding hydrogens is 438 g/mol. The van der Waals surface area contributed by atoms with Crippen LogP contribution in [0.2, 0.25) is 0 Å². The Morgan fingerprint density at radius 3 is 2.48 bits per heavy atom. The number of carbonyl (C=O) groups is 1. The van der Waals surface area contributed by atoms with E-state index in [2.05, 4.69) is 20.9 Å². The number of ether oxygens (including phenoxy) is 1. The number of guanidine groups is 1. The van der Waals surface area contributed by atoms with Crippen LogP contribution in [0.1, 0.15) is 27.7 Å². The van der Waals surface area contributed by atoms with Gasteiger partial charge in [0.05, 0.1) is 13.1 Å². The summed E-state index contributed by atoms with van der Waals surface area (Å²) >= 11 is 0. The van der Waals surface area contributed by atoms with Crippen LogP contribution in [0.5, 0.6) is 5.75 Å². The molecule has 142 valence electrons. The van der Waals surface area contributed by atoms with Gasteiger partial charge in [0.2, 0.25) is 5.91 Å². The topological polar surface area (TPSA) is 74.8 Å². The summed E-state index contributed by atoms with van der Waals surface area (Å²) in [5.41, 5.74) is -0.280. The van der Waals surface area contributed by atoms with Gasteiger partial charge >= 0.3 is 0 Å². The molecule has 0 saturated carbocycles. The van der Waals surface area contributed by atoms with Gasteiger partial charge in [0.15, 0.2) is 17.5 Å². The second-order valence-corrected chi connectivity index (χ2v) is 6.46. The Kier molecular flexibility index (Phi) is 10.4. The van der Waals surface area contributed by atoms with Crippen LogP contribution < -0.4 is 20.7 Å². The van der Waals surface area contributed by atoms with Gasteiger partial charge in [-0.25, -0.2) is 4.39 Å². The summed E-state index contributed by atoms with van der Waals surface area (Å²) in [5, 5.41) is 8.81. The van der Waals surface area contributed by atoms with Gasteiger partial charge in [0, 0.05) is 12.6 Å². The fraction of sp³-hybridized carbons (Fsp3) is 0.529. The second-order valence-electron chi connectivity index (χ2n) is 6.46. The fourth-order valence-electron chi connectivity index (χ4n) is 1.89. The molecule has 8 heteroatoms. The molecule has 1 atom stereocenters. The molecule has 0 heterocycles. The molecule has 0 aromatic heterocycles. The van der Waals surface area contributed by atoms with E-state index in [4.69, 9.17) is 4.74 Å². The van der Waals surface area contributed by atoms with E-state index in [0.29, 0.717) is 12.5 Å². The minimum absolute atomic E-state index is 0. The van der Waals surface area contributed by atoms with Crippen molar-refractivity contribution in [2.24, 2.45) is 4.99 Å². The molecule has 0 aliphatic heterocycles. The molecule has 1 rings (SSSR count). The molecule has 1 aromatic carbocycles. The molecule has 1 aromatic rings. The third kappa shape index (κ3) is 10.1. The lowest BCUT2D eigenvalue weighted by atomic mass is 10.1. The number of benzene rings is 1. The van der Waals surface area contributed by atoms with E-state index in [1.807, 2.05) is 27.7 Å². The summed E-state index contributed by atoms with van der Waals surface area (Å²) in [4.78, 5) is 15.8. The molecule has 3 N–H and O–H groups in total. The second kappa shape index (κ2) is 11.1. The van der Waals surface area contributed by atoms with Gasteiger partial charge in [-0.3, -0.25) is 9.79 Å². The Morgan fingerprint density at radius 2 is 1.92 bits per heavy atom. The first-order valence-corrected chi connectivity index (χ1v) is 7.88. The molecule has 0 aliphatic rings. The normalized spacial score (nSPS) is 12.6. The van der Waals surface area contributed by atoms with E-state index in [9.17, 15) is 9.18 Å². The predicted molar refractivity (Wildman–Crippen MR) is 109 cm³/mol. The number of hydrogen-bond donors (Lipinski definition) is 3. The summed E-state index contributed by atoms with van der Waals surface area (Å²) < 4.78 is 19.1. The van der Waals surface area contributed by atoms with Gasteiger partial charge in [-0.1, -0.05) is 12.1 Å². The third-order valence-corrected chi connectivity index (χ3v) is 2.88. The monoisotopic (exact) mass is 466 g/mol. The Bertz CT molecular complexity index is 576. The molecule has 0 fully saturated rings. The minimum atomic E-state index is -0.397. The van der Waals surface area contributed by atoms with Gasteiger partial charge in [-0.05, 0) is 39.8 Å². The number of halogens is 2. The van der Waals surface area contributed by atoms with E-state index in [1.54, 1.807) is 25.2 Å². The van der Waals surface area contributed by atoms with E-state index < -0.39 is 5.82 Å². The third-order valence-electron chi connectivity index (χ3n) is 2.88. The fourth-order valence-corrected chi connectivity index (χ4v) is 1.89. The van der Waals surface area contributed by atoms with Crippen molar-refractivity contribution >= 4 is 35.8 Å². The molecule has 6 nitrogen and oxygen atoms in total. The van der Waals surface area contributed by atoms with E-state index >= 15 is 0 Å². The van der Waals surface area contributed by atoms with Crippen LogP contribution in [0.3, 0.4) is 0 Å². The van der Waals surface area contributed by atoms with Crippen LogP contribution in [0.25, 0.3) is 0 Å². The van der Waals surface area contributed by atoms with Crippen LogP contribution in [0, 0.1) is 5.82 Å². The number of nitrogens with zero attached hydrogens (tertiary/aromatic N) is 1. The summed E-state index contributed by atoms with van der Waals surface area (Å²) in [6, 6.07) is 6.26. The number of rotatable bonds is 6. The van der Waals surface area contributed by atoms with Crippen molar-refractivity contribution in [3.05, 3.63) is 30.1 Å². The molecule has 1 amide bonds. The molecule has 0 radical (unpaired) electrons. The Balaban J connectivity index is 0.00000576. The van der Waals surface area contributed by atoms with Crippen LogP contribution >= 0.6 is 24.0 Å². The molecule has 0 saturated heterocycles. The number of para-hydroxylation sites is 1. The molecule has 0 aliphatic carbocycles. The lowest BCUT2D eigenvalue weighted by molar-refractivity contribution is -0.121. The van der Waals surface area contributed by atoms with Crippen LogP contribution in [-0.4, -0.2) is 43.6 Å². The van der Waals surface area contributed by atoms with Gasteiger partial charge in [0.1, 0.15) is 6.10 Å². The van der Waals surface area contributed by atoms with Crippen molar-refractivity contribution in [2.45, 2.75) is 39.3 Å². The van der Waals surface area contributed by atoms with Gasteiger partial charge in [0.25, 0.3) is 0 Å². The van der Waals surface area contributed by atoms with Gasteiger partial charge in [-0.2, -0.15) is 0 Å². The van der Waals surface area contributed by atoms with Crippen molar-refractivity contribution < 1.29 is 13.9 Å². The summed E-state index contributed by atoms with van der Waals surface area (Å²) in [5.74, 6) is 0.161. The summed E-state index contributed by atoms with van der Waals surface area (Å²) in [6.07, 6.45) is -0.274. The molecule has 0 bridgehead atoms. The van der Waals surface area contributed by atoms with Crippen molar-refractivity contribution in [1.82, 2.24) is 16.0 Å². The quantitative estimate of drug-likeness (QED) is 0.342. The maximum Gasteiger partial charge on any atom is 0.239 e. The Hall–Kier alpha value is -1.58. The summed E-state index contributed by atoms with van der Waals surface area (Å²) in [7, 11) is 1.61. The molecule has 0 spiro atoms. The lowest BCUT2D eigenvalue weighted by Crippen LogP contribution is -2.49. The van der Waals surface area contributed by atoms with Crippen molar-refractivity contribution in [3.8, 4) is 5.75 Å². The zero-order valence-electron chi connectivity index (χ0n) is 15.4. The maximum atomic E-state index is 13.5. The first-order chi connectivity index (χ1) is 11.2. The molecule has 25 heavy (non-hydrogen) atoms. The average Bonchev–Trinajstić information content (AvgIpc) is 2.48. The van der Waals surface area contributed by atoms with Crippen molar-refractivity contribution in [1.29, 1.82) is 0 Å². The highest BCUT2D eigenvalue weighted by Crippen LogP contribution is 2.16. The Morgan fingerprint density at radius 1 is 1.28 bits per heavy atom. The van der Waals surface area contributed by atoms with E-state index in [-0.39, 0.29) is 53.8 Å². The smallest absolute Gasteiger partial charge is 0.239 e. The van der Waals surface area contributed by atoms with Crippen molar-refractivity contribution in [3.63, 3.8) is 0 Å². The van der Waals surface area contributed by atoms with Crippen LogP contribution in [0.15, 0.2) is 29.3 Å². The molecular formula is C17H28FIN4O2. The lowest BCUT2D eigenvalue weighted by Gasteiger charge is -2.21. The minimum Gasteiger partial charge on any atom is -0.486 e. The largest absolute Gasteiger partial charge is 0.486 e.